The Balaban J connectivity index is 2.07. The van der Waals surface area contributed by atoms with Crippen LogP contribution >= 0.6 is 12.2 Å². The maximum atomic E-state index is 5.48. The van der Waals surface area contributed by atoms with Crippen molar-refractivity contribution in [3.63, 3.8) is 0 Å². The zero-order valence-corrected chi connectivity index (χ0v) is 14.0. The molecule has 3 N–H and O–H groups in total. The van der Waals surface area contributed by atoms with Crippen molar-refractivity contribution in [3.05, 3.63) is 29.3 Å². The molecule has 6 heteroatoms. The lowest BCUT2D eigenvalue weighted by Crippen LogP contribution is -2.32. The van der Waals surface area contributed by atoms with Gasteiger partial charge in [-0.25, -0.2) is 0 Å². The van der Waals surface area contributed by atoms with Crippen LogP contribution in [0.1, 0.15) is 30.9 Å². The van der Waals surface area contributed by atoms with E-state index in [0.717, 1.165) is 36.9 Å². The van der Waals surface area contributed by atoms with E-state index in [1.165, 1.54) is 18.4 Å². The Kier molecular flexibility index (Phi) is 6.15. The number of methoxy groups -OCH3 is 1. The number of thiocarbonyl (C=S) groups is 1. The molecule has 0 atom stereocenters. The van der Waals surface area contributed by atoms with Gasteiger partial charge in [0, 0.05) is 12.1 Å². The SMILES string of the molecule is COc1ccc(C=NNC(N)=S)cc1CN1CCC(C)CC1. The van der Waals surface area contributed by atoms with Crippen molar-refractivity contribution < 1.29 is 4.74 Å². The van der Waals surface area contributed by atoms with Crippen molar-refractivity contribution in [1.29, 1.82) is 0 Å². The second-order valence-corrected chi connectivity index (χ2v) is 6.20. The zero-order chi connectivity index (χ0) is 15.9. The minimum atomic E-state index is 0.160. The molecule has 1 aromatic rings. The molecule has 1 saturated heterocycles. The summed E-state index contributed by atoms with van der Waals surface area (Å²) in [6.07, 6.45) is 4.24. The molecule has 0 unspecified atom stereocenters. The number of nitrogens with two attached hydrogens (primary N) is 1. The fourth-order valence-electron chi connectivity index (χ4n) is 2.63. The van der Waals surface area contributed by atoms with Gasteiger partial charge in [0.25, 0.3) is 0 Å². The lowest BCUT2D eigenvalue weighted by atomic mass is 9.98. The number of benzene rings is 1. The molecule has 1 aliphatic rings. The third-order valence-corrected chi connectivity index (χ3v) is 4.05. The molecule has 2 rings (SSSR count). The van der Waals surface area contributed by atoms with Gasteiger partial charge >= 0.3 is 0 Å². The summed E-state index contributed by atoms with van der Waals surface area (Å²) >= 11 is 4.72. The van der Waals surface area contributed by atoms with Crippen molar-refractivity contribution in [2.45, 2.75) is 26.3 Å². The zero-order valence-electron chi connectivity index (χ0n) is 13.2. The predicted octanol–water partition coefficient (Wildman–Crippen LogP) is 2.09. The molecule has 1 aliphatic heterocycles. The van der Waals surface area contributed by atoms with Crippen LogP contribution in [-0.4, -0.2) is 36.4 Å². The fourth-order valence-corrected chi connectivity index (χ4v) is 2.69. The van der Waals surface area contributed by atoms with Crippen LogP contribution in [0.2, 0.25) is 0 Å². The number of nitrogens with zero attached hydrogens (tertiary/aromatic N) is 2. The topological polar surface area (TPSA) is 62.9 Å². The lowest BCUT2D eigenvalue weighted by molar-refractivity contribution is 0.183. The molecule has 1 heterocycles. The molecule has 0 aromatic heterocycles. The van der Waals surface area contributed by atoms with E-state index in [1.807, 2.05) is 12.1 Å². The number of nitrogens with one attached hydrogen (secondary N) is 1. The number of ether oxygens (including phenoxy) is 1. The van der Waals surface area contributed by atoms with Gasteiger partial charge in [-0.15, -0.1) is 0 Å². The Hall–Kier alpha value is -1.66. The fraction of sp³-hybridized carbons (Fsp3) is 0.500. The van der Waals surface area contributed by atoms with Gasteiger partial charge in [0.05, 0.1) is 13.3 Å². The summed E-state index contributed by atoms with van der Waals surface area (Å²) in [6.45, 7) is 5.52. The summed E-state index contributed by atoms with van der Waals surface area (Å²) in [4.78, 5) is 2.48. The number of hydrazone groups is 1. The third-order valence-electron chi connectivity index (χ3n) is 3.96. The van der Waals surface area contributed by atoms with Gasteiger partial charge in [-0.3, -0.25) is 10.3 Å². The summed E-state index contributed by atoms with van der Waals surface area (Å²) in [5, 5.41) is 4.16. The van der Waals surface area contributed by atoms with E-state index in [4.69, 9.17) is 22.7 Å². The Morgan fingerprint density at radius 3 is 2.86 bits per heavy atom. The Morgan fingerprint density at radius 1 is 1.50 bits per heavy atom. The van der Waals surface area contributed by atoms with E-state index in [-0.39, 0.29) is 5.11 Å². The summed E-state index contributed by atoms with van der Waals surface area (Å²) in [5.41, 5.74) is 10.1. The van der Waals surface area contributed by atoms with Gasteiger partial charge in [-0.1, -0.05) is 6.92 Å². The van der Waals surface area contributed by atoms with E-state index < -0.39 is 0 Å². The van der Waals surface area contributed by atoms with Crippen LogP contribution in [0.3, 0.4) is 0 Å². The Bertz CT molecular complexity index is 539. The molecular formula is C16H24N4OS. The molecule has 5 nitrogen and oxygen atoms in total. The molecular weight excluding hydrogens is 296 g/mol. The summed E-state index contributed by atoms with van der Waals surface area (Å²) in [5.74, 6) is 1.75. The predicted molar refractivity (Wildman–Crippen MR) is 94.2 cm³/mol. The first kappa shape index (κ1) is 16.7. The average molecular weight is 320 g/mol. The Labute approximate surface area is 137 Å². The molecule has 120 valence electrons. The van der Waals surface area contributed by atoms with Gasteiger partial charge in [-0.05, 0) is 67.8 Å². The maximum absolute atomic E-state index is 5.48. The van der Waals surface area contributed by atoms with Crippen LogP contribution < -0.4 is 15.9 Å². The van der Waals surface area contributed by atoms with Crippen LogP contribution in [0.4, 0.5) is 0 Å². The van der Waals surface area contributed by atoms with Crippen molar-refractivity contribution in [3.8, 4) is 5.75 Å². The quantitative estimate of drug-likeness (QED) is 0.494. The normalized spacial score (nSPS) is 16.8. The smallest absolute Gasteiger partial charge is 0.184 e. The van der Waals surface area contributed by atoms with Crippen LogP contribution in [-0.2, 0) is 6.54 Å². The molecule has 1 aromatic carbocycles. The third kappa shape index (κ3) is 4.96. The van der Waals surface area contributed by atoms with E-state index >= 15 is 0 Å². The van der Waals surface area contributed by atoms with E-state index in [0.29, 0.717) is 0 Å². The van der Waals surface area contributed by atoms with Crippen molar-refractivity contribution >= 4 is 23.5 Å². The highest BCUT2D eigenvalue weighted by Crippen LogP contribution is 2.24. The highest BCUT2D eigenvalue weighted by molar-refractivity contribution is 7.80. The highest BCUT2D eigenvalue weighted by atomic mass is 32.1. The summed E-state index contributed by atoms with van der Waals surface area (Å²) < 4.78 is 5.48. The van der Waals surface area contributed by atoms with Gasteiger partial charge in [0.15, 0.2) is 5.11 Å². The van der Waals surface area contributed by atoms with E-state index in [9.17, 15) is 0 Å². The van der Waals surface area contributed by atoms with E-state index in [1.54, 1.807) is 13.3 Å². The average Bonchev–Trinajstić information content (AvgIpc) is 2.49. The monoisotopic (exact) mass is 320 g/mol. The highest BCUT2D eigenvalue weighted by Gasteiger charge is 2.17. The molecule has 22 heavy (non-hydrogen) atoms. The molecule has 0 amide bonds. The molecule has 0 spiro atoms. The first-order chi connectivity index (χ1) is 10.6. The summed E-state index contributed by atoms with van der Waals surface area (Å²) in [7, 11) is 1.71. The maximum Gasteiger partial charge on any atom is 0.184 e. The van der Waals surface area contributed by atoms with Crippen molar-refractivity contribution in [1.82, 2.24) is 10.3 Å². The van der Waals surface area contributed by atoms with Crippen LogP contribution in [0.15, 0.2) is 23.3 Å². The standard InChI is InChI=1S/C16H24N4OS/c1-12-5-7-20(8-6-12)11-14-9-13(3-4-15(14)21-2)10-18-19-16(17)22/h3-4,9-10,12H,5-8,11H2,1-2H3,(H3,17,19,22). The second-order valence-electron chi connectivity index (χ2n) is 5.76. The van der Waals surface area contributed by atoms with Gasteiger partial charge in [-0.2, -0.15) is 5.10 Å². The van der Waals surface area contributed by atoms with Gasteiger partial charge in [0.1, 0.15) is 5.75 Å². The minimum Gasteiger partial charge on any atom is -0.496 e. The number of rotatable bonds is 5. The van der Waals surface area contributed by atoms with Crippen LogP contribution in [0.25, 0.3) is 0 Å². The minimum absolute atomic E-state index is 0.160. The molecule has 0 saturated carbocycles. The van der Waals surface area contributed by atoms with Crippen LogP contribution in [0.5, 0.6) is 5.75 Å². The second kappa shape index (κ2) is 8.10. The van der Waals surface area contributed by atoms with Crippen molar-refractivity contribution in [2.75, 3.05) is 20.2 Å². The lowest BCUT2D eigenvalue weighted by Gasteiger charge is -2.30. The number of hydrogen-bond acceptors (Lipinski definition) is 4. The Morgan fingerprint density at radius 2 is 2.23 bits per heavy atom. The first-order valence-corrected chi connectivity index (χ1v) is 7.97. The van der Waals surface area contributed by atoms with Gasteiger partial charge in [0.2, 0.25) is 0 Å². The molecule has 0 aliphatic carbocycles. The number of likely N-dealkylation sites (tertiary alicyclic amines) is 1. The largest absolute Gasteiger partial charge is 0.496 e. The first-order valence-electron chi connectivity index (χ1n) is 7.56. The molecule has 0 radical (unpaired) electrons. The summed E-state index contributed by atoms with van der Waals surface area (Å²) in [6, 6.07) is 6.04. The number of hydrogen-bond donors (Lipinski definition) is 2. The molecule has 0 bridgehead atoms. The van der Waals surface area contributed by atoms with Crippen LogP contribution in [0, 0.1) is 5.92 Å². The number of piperidine rings is 1. The van der Waals surface area contributed by atoms with E-state index in [2.05, 4.69) is 28.4 Å². The van der Waals surface area contributed by atoms with Crippen molar-refractivity contribution in [2.24, 2.45) is 16.8 Å². The molecule has 1 fully saturated rings. The van der Waals surface area contributed by atoms with Gasteiger partial charge < -0.3 is 10.5 Å².